The van der Waals surface area contributed by atoms with E-state index in [0.29, 0.717) is 24.4 Å². The smallest absolute Gasteiger partial charge is 0.274 e. The van der Waals surface area contributed by atoms with Crippen molar-refractivity contribution in [2.75, 3.05) is 25.0 Å². The minimum atomic E-state index is -0.560. The number of carbonyl (C=O) groups is 2. The minimum Gasteiger partial charge on any atom is -0.484 e. The van der Waals surface area contributed by atoms with Crippen LogP contribution in [0.15, 0.2) is 41.3 Å². The molecule has 0 aliphatic rings. The molecule has 0 aliphatic heterocycles. The fourth-order valence-electron chi connectivity index (χ4n) is 2.82. The molecule has 1 aromatic heterocycles. The van der Waals surface area contributed by atoms with Gasteiger partial charge in [-0.1, -0.05) is 13.8 Å². The van der Waals surface area contributed by atoms with Crippen LogP contribution in [0.1, 0.15) is 37.0 Å². The van der Waals surface area contributed by atoms with E-state index >= 15 is 0 Å². The summed E-state index contributed by atoms with van der Waals surface area (Å²) in [5, 5.41) is 2.49. The zero-order chi connectivity index (χ0) is 21.4. The molecule has 2 aromatic rings. The third kappa shape index (κ3) is 6.17. The Hall–Kier alpha value is -3.16. The molecule has 7 nitrogen and oxygen atoms in total. The van der Waals surface area contributed by atoms with Gasteiger partial charge in [-0.2, -0.15) is 0 Å². The Morgan fingerprint density at radius 2 is 1.76 bits per heavy atom. The molecule has 1 heterocycles. The molecule has 0 radical (unpaired) electrons. The molecule has 0 unspecified atom stereocenters. The van der Waals surface area contributed by atoms with Crippen molar-refractivity contribution in [1.82, 2.24) is 9.47 Å². The van der Waals surface area contributed by atoms with Gasteiger partial charge in [0.15, 0.2) is 6.61 Å². The maximum Gasteiger partial charge on any atom is 0.274 e. The number of aryl methyl sites for hydroxylation is 1. The first-order chi connectivity index (χ1) is 13.8. The monoisotopic (exact) mass is 403 g/mol. The van der Waals surface area contributed by atoms with E-state index in [1.807, 2.05) is 13.8 Å². The van der Waals surface area contributed by atoms with Crippen LogP contribution in [0.3, 0.4) is 0 Å². The molecule has 0 saturated carbocycles. The van der Waals surface area contributed by atoms with Crippen LogP contribution in [0, 0.1) is 5.82 Å². The summed E-state index contributed by atoms with van der Waals surface area (Å²) in [4.78, 5) is 39.1. The van der Waals surface area contributed by atoms with E-state index in [-0.39, 0.29) is 18.2 Å². The number of carbonyl (C=O) groups excluding carboxylic acids is 2. The van der Waals surface area contributed by atoms with Crippen molar-refractivity contribution in [3.8, 4) is 5.75 Å². The molecule has 0 aliphatic carbocycles. The summed E-state index contributed by atoms with van der Waals surface area (Å²) in [6, 6.07) is 6.62. The molecule has 0 saturated heterocycles. The number of halogens is 1. The number of rotatable bonds is 9. The minimum absolute atomic E-state index is 0.000923. The molecular formula is C21H26FN3O4. The average molecular weight is 403 g/mol. The second-order valence-corrected chi connectivity index (χ2v) is 6.64. The van der Waals surface area contributed by atoms with E-state index in [4.69, 9.17) is 4.74 Å². The van der Waals surface area contributed by atoms with Crippen molar-refractivity contribution in [2.24, 2.45) is 7.05 Å². The number of anilines is 1. The molecule has 0 atom stereocenters. The maximum atomic E-state index is 12.9. The zero-order valence-electron chi connectivity index (χ0n) is 16.9. The fraction of sp³-hybridized carbons (Fsp3) is 0.381. The predicted octanol–water partition coefficient (Wildman–Crippen LogP) is 2.80. The lowest BCUT2D eigenvalue weighted by Gasteiger charge is -2.22. The molecule has 1 aromatic carbocycles. The first kappa shape index (κ1) is 22.1. The Bertz CT molecular complexity index is 903. The van der Waals surface area contributed by atoms with Gasteiger partial charge in [-0.05, 0) is 43.2 Å². The number of ether oxygens (including phenoxy) is 1. The molecule has 0 fully saturated rings. The highest BCUT2D eigenvalue weighted by Gasteiger charge is 2.18. The van der Waals surface area contributed by atoms with E-state index < -0.39 is 17.3 Å². The van der Waals surface area contributed by atoms with Gasteiger partial charge in [0, 0.05) is 26.3 Å². The number of amides is 2. The average Bonchev–Trinajstić information content (AvgIpc) is 2.70. The molecule has 1 N–H and O–H groups in total. The first-order valence-corrected chi connectivity index (χ1v) is 9.53. The van der Waals surface area contributed by atoms with Crippen molar-refractivity contribution in [1.29, 1.82) is 0 Å². The Balaban J connectivity index is 2.13. The number of aromatic nitrogens is 1. The third-order valence-corrected chi connectivity index (χ3v) is 4.16. The van der Waals surface area contributed by atoms with Crippen molar-refractivity contribution < 1.29 is 18.7 Å². The number of benzene rings is 1. The molecule has 0 bridgehead atoms. The largest absolute Gasteiger partial charge is 0.484 e. The standard InChI is InChI=1S/C21H26FN3O4/c1-4-10-25(11-5-2)20(27)15-12-18(21(28)24(3)13-15)23-19(26)14-29-17-8-6-16(22)7-9-17/h6-9,12-13H,4-5,10-11,14H2,1-3H3,(H,23,26). The summed E-state index contributed by atoms with van der Waals surface area (Å²) in [5.74, 6) is -0.836. The summed E-state index contributed by atoms with van der Waals surface area (Å²) in [6.45, 7) is 4.85. The van der Waals surface area contributed by atoms with E-state index in [9.17, 15) is 18.8 Å². The highest BCUT2D eigenvalue weighted by molar-refractivity contribution is 5.97. The van der Waals surface area contributed by atoms with Crippen LogP contribution in [-0.4, -0.2) is 41.0 Å². The molecule has 2 rings (SSSR count). The Kier molecular flexibility index (Phi) is 7.94. The second kappa shape index (κ2) is 10.4. The SMILES string of the molecule is CCCN(CCC)C(=O)c1cc(NC(=O)COc2ccc(F)cc2)c(=O)n(C)c1. The normalized spacial score (nSPS) is 10.5. The van der Waals surface area contributed by atoms with Crippen LogP contribution < -0.4 is 15.6 Å². The van der Waals surface area contributed by atoms with Crippen LogP contribution >= 0.6 is 0 Å². The number of hydrogen-bond acceptors (Lipinski definition) is 4. The van der Waals surface area contributed by atoms with Crippen molar-refractivity contribution in [3.63, 3.8) is 0 Å². The van der Waals surface area contributed by atoms with Crippen molar-refractivity contribution in [2.45, 2.75) is 26.7 Å². The van der Waals surface area contributed by atoms with Crippen molar-refractivity contribution in [3.05, 3.63) is 58.3 Å². The highest BCUT2D eigenvalue weighted by atomic mass is 19.1. The molecular weight excluding hydrogens is 377 g/mol. The summed E-state index contributed by atoms with van der Waals surface area (Å²) in [5.41, 5.74) is -0.114. The van der Waals surface area contributed by atoms with E-state index in [0.717, 1.165) is 12.8 Å². The molecule has 29 heavy (non-hydrogen) atoms. The molecule has 156 valence electrons. The lowest BCUT2D eigenvalue weighted by Crippen LogP contribution is -2.34. The van der Waals surface area contributed by atoms with Crippen LogP contribution in [0.25, 0.3) is 0 Å². The topological polar surface area (TPSA) is 80.6 Å². The van der Waals surface area contributed by atoms with Gasteiger partial charge in [0.1, 0.15) is 17.3 Å². The lowest BCUT2D eigenvalue weighted by molar-refractivity contribution is -0.118. The zero-order valence-corrected chi connectivity index (χ0v) is 16.9. The van der Waals surface area contributed by atoms with Gasteiger partial charge in [-0.15, -0.1) is 0 Å². The number of nitrogens with one attached hydrogen (secondary N) is 1. The molecule has 0 spiro atoms. The van der Waals surface area contributed by atoms with Gasteiger partial charge in [0.25, 0.3) is 17.4 Å². The van der Waals surface area contributed by atoms with Gasteiger partial charge in [-0.3, -0.25) is 14.4 Å². The van der Waals surface area contributed by atoms with E-state index in [1.54, 1.807) is 4.90 Å². The summed E-state index contributed by atoms with van der Waals surface area (Å²) in [6.07, 6.45) is 3.11. The quantitative estimate of drug-likeness (QED) is 0.698. The first-order valence-electron chi connectivity index (χ1n) is 9.53. The van der Waals surface area contributed by atoms with E-state index in [1.165, 1.54) is 48.1 Å². The number of hydrogen-bond donors (Lipinski definition) is 1. The summed E-state index contributed by atoms with van der Waals surface area (Å²) < 4.78 is 19.5. The van der Waals surface area contributed by atoms with Crippen LogP contribution in [0.2, 0.25) is 0 Å². The Labute approximate surface area is 169 Å². The van der Waals surface area contributed by atoms with E-state index in [2.05, 4.69) is 5.32 Å². The van der Waals surface area contributed by atoms with Crippen LogP contribution in [0.4, 0.5) is 10.1 Å². The van der Waals surface area contributed by atoms with Crippen LogP contribution in [0.5, 0.6) is 5.75 Å². The second-order valence-electron chi connectivity index (χ2n) is 6.64. The Morgan fingerprint density at radius 1 is 1.14 bits per heavy atom. The highest BCUT2D eigenvalue weighted by Crippen LogP contribution is 2.12. The third-order valence-electron chi connectivity index (χ3n) is 4.16. The summed E-state index contributed by atoms with van der Waals surface area (Å²) in [7, 11) is 1.52. The predicted molar refractivity (Wildman–Crippen MR) is 109 cm³/mol. The van der Waals surface area contributed by atoms with Gasteiger partial charge < -0.3 is 19.5 Å². The Morgan fingerprint density at radius 3 is 2.34 bits per heavy atom. The van der Waals surface area contributed by atoms with Gasteiger partial charge in [0.2, 0.25) is 0 Å². The van der Waals surface area contributed by atoms with Crippen LogP contribution in [-0.2, 0) is 11.8 Å². The molecule has 8 heteroatoms. The van der Waals surface area contributed by atoms with Crippen molar-refractivity contribution >= 4 is 17.5 Å². The number of nitrogens with zero attached hydrogens (tertiary/aromatic N) is 2. The summed E-state index contributed by atoms with van der Waals surface area (Å²) >= 11 is 0. The fourth-order valence-corrected chi connectivity index (χ4v) is 2.82. The van der Waals surface area contributed by atoms with Gasteiger partial charge >= 0.3 is 0 Å². The van der Waals surface area contributed by atoms with Gasteiger partial charge in [-0.25, -0.2) is 4.39 Å². The van der Waals surface area contributed by atoms with Gasteiger partial charge in [0.05, 0.1) is 5.56 Å². The molecule has 2 amide bonds. The number of pyridine rings is 1. The maximum absolute atomic E-state index is 12.9. The lowest BCUT2D eigenvalue weighted by atomic mass is 10.2.